The summed E-state index contributed by atoms with van der Waals surface area (Å²) in [5.74, 6) is 1.55. The molecule has 1 amide bonds. The second-order valence-corrected chi connectivity index (χ2v) is 7.58. The van der Waals surface area contributed by atoms with Gasteiger partial charge in [-0.05, 0) is 36.4 Å². The Labute approximate surface area is 183 Å². The average molecular weight is 436 g/mol. The number of pyridine rings is 1. The molecule has 0 saturated heterocycles. The molecule has 7 nitrogen and oxygen atoms in total. The molecule has 0 unspecified atom stereocenters. The summed E-state index contributed by atoms with van der Waals surface area (Å²) in [4.78, 5) is 23.8. The molecule has 2 heterocycles. The van der Waals surface area contributed by atoms with Crippen LogP contribution in [0.15, 0.2) is 66.9 Å². The Morgan fingerprint density at radius 3 is 2.55 bits per heavy atom. The third-order valence-corrected chi connectivity index (χ3v) is 5.64. The van der Waals surface area contributed by atoms with Crippen LogP contribution < -0.4 is 19.1 Å². The lowest BCUT2D eigenvalue weighted by Gasteiger charge is -2.20. The van der Waals surface area contributed by atoms with Crippen molar-refractivity contribution in [2.75, 3.05) is 25.7 Å². The largest absolute Gasteiger partial charge is 0.497 e. The Bertz CT molecular complexity index is 1180. The Morgan fingerprint density at radius 2 is 1.81 bits per heavy atom. The molecule has 0 bridgehead atoms. The Hall–Kier alpha value is -3.65. The van der Waals surface area contributed by atoms with Crippen molar-refractivity contribution < 1.29 is 19.0 Å². The molecular formula is C23H21N3O4S. The molecule has 0 fully saturated rings. The number of nitrogens with zero attached hydrogens (tertiary/aromatic N) is 3. The number of fused-ring (bicyclic) bond motifs is 1. The van der Waals surface area contributed by atoms with Crippen molar-refractivity contribution in [3.05, 3.63) is 72.6 Å². The summed E-state index contributed by atoms with van der Waals surface area (Å²) in [6.45, 7) is 0.123. The van der Waals surface area contributed by atoms with Gasteiger partial charge in [0.2, 0.25) is 0 Å². The molecular weight excluding hydrogens is 414 g/mol. The average Bonchev–Trinajstić information content (AvgIpc) is 3.24. The molecule has 0 N–H and O–H groups in total. The number of aromatic nitrogens is 2. The molecule has 4 aromatic rings. The van der Waals surface area contributed by atoms with Gasteiger partial charge in [0.1, 0.15) is 5.75 Å². The highest BCUT2D eigenvalue weighted by Gasteiger charge is 2.22. The van der Waals surface area contributed by atoms with Crippen molar-refractivity contribution in [2.45, 2.75) is 6.54 Å². The van der Waals surface area contributed by atoms with E-state index in [1.165, 1.54) is 11.3 Å². The van der Waals surface area contributed by atoms with Crippen LogP contribution in [0.2, 0.25) is 0 Å². The number of carbonyl (C=O) groups is 1. The first-order valence-electron chi connectivity index (χ1n) is 9.58. The predicted octanol–water partition coefficient (Wildman–Crippen LogP) is 4.32. The number of rotatable bonds is 8. The fourth-order valence-electron chi connectivity index (χ4n) is 3.01. The number of hydrogen-bond donors (Lipinski definition) is 0. The molecule has 4 rings (SSSR count). The summed E-state index contributed by atoms with van der Waals surface area (Å²) in [6, 6.07) is 18.5. The van der Waals surface area contributed by atoms with Gasteiger partial charge in [-0.2, -0.15) is 0 Å². The van der Waals surface area contributed by atoms with Crippen LogP contribution in [0.1, 0.15) is 5.69 Å². The summed E-state index contributed by atoms with van der Waals surface area (Å²) in [5.41, 5.74) is 1.52. The first kappa shape index (κ1) is 20.6. The van der Waals surface area contributed by atoms with E-state index in [0.29, 0.717) is 22.4 Å². The van der Waals surface area contributed by atoms with Gasteiger partial charge in [0.25, 0.3) is 5.91 Å². The Morgan fingerprint density at radius 1 is 1.00 bits per heavy atom. The van der Waals surface area contributed by atoms with Gasteiger partial charge in [-0.25, -0.2) is 4.98 Å². The zero-order chi connectivity index (χ0) is 21.6. The molecule has 31 heavy (non-hydrogen) atoms. The number of hydrogen-bond acceptors (Lipinski definition) is 7. The van der Waals surface area contributed by atoms with E-state index < -0.39 is 0 Å². The van der Waals surface area contributed by atoms with Crippen LogP contribution in [0.25, 0.3) is 10.2 Å². The molecule has 8 heteroatoms. The number of amides is 1. The number of methoxy groups -OCH3 is 2. The van der Waals surface area contributed by atoms with Gasteiger partial charge in [-0.15, -0.1) is 0 Å². The molecule has 0 spiro atoms. The quantitative estimate of drug-likeness (QED) is 0.410. The van der Waals surface area contributed by atoms with Crippen LogP contribution >= 0.6 is 11.3 Å². The topological polar surface area (TPSA) is 73.8 Å². The lowest BCUT2D eigenvalue weighted by atomic mass is 10.3. The van der Waals surface area contributed by atoms with Gasteiger partial charge >= 0.3 is 0 Å². The van der Waals surface area contributed by atoms with Crippen molar-refractivity contribution in [3.63, 3.8) is 0 Å². The van der Waals surface area contributed by atoms with Gasteiger partial charge in [-0.1, -0.05) is 29.5 Å². The van der Waals surface area contributed by atoms with Crippen molar-refractivity contribution >= 4 is 32.6 Å². The number of anilines is 1. The van der Waals surface area contributed by atoms with Crippen LogP contribution in [-0.4, -0.2) is 36.7 Å². The molecule has 0 atom stereocenters. The number of carbonyl (C=O) groups excluding carboxylic acids is 1. The van der Waals surface area contributed by atoms with Gasteiger partial charge in [0.15, 0.2) is 23.2 Å². The van der Waals surface area contributed by atoms with Crippen LogP contribution in [0, 0.1) is 0 Å². The minimum atomic E-state index is -0.234. The molecule has 2 aromatic heterocycles. The van der Waals surface area contributed by atoms with E-state index in [9.17, 15) is 4.79 Å². The highest BCUT2D eigenvalue weighted by molar-refractivity contribution is 7.22. The summed E-state index contributed by atoms with van der Waals surface area (Å²) in [7, 11) is 3.17. The summed E-state index contributed by atoms with van der Waals surface area (Å²) in [6.07, 6.45) is 1.70. The second-order valence-electron chi connectivity index (χ2n) is 6.57. The highest BCUT2D eigenvalue weighted by Crippen LogP contribution is 2.32. The Balaban J connectivity index is 1.61. The first-order chi connectivity index (χ1) is 15.2. The standard InChI is InChI=1S/C23H21N3O4S/c1-28-17-10-11-21-18(13-17)25-23(31-21)26(14-16-7-5-6-12-24-16)22(27)15-30-20-9-4-3-8-19(20)29-2/h3-13H,14-15H2,1-2H3. The minimum absolute atomic E-state index is 0.160. The van der Waals surface area contributed by atoms with Crippen LogP contribution in [0.3, 0.4) is 0 Å². The predicted molar refractivity (Wildman–Crippen MR) is 120 cm³/mol. The fourth-order valence-corrected chi connectivity index (χ4v) is 3.97. The molecule has 158 valence electrons. The third-order valence-electron chi connectivity index (χ3n) is 4.58. The van der Waals surface area contributed by atoms with Crippen LogP contribution in [0.4, 0.5) is 5.13 Å². The Kier molecular flexibility index (Phi) is 6.28. The number of thiazole rings is 1. The summed E-state index contributed by atoms with van der Waals surface area (Å²) >= 11 is 1.43. The number of benzene rings is 2. The number of ether oxygens (including phenoxy) is 3. The van der Waals surface area contributed by atoms with Crippen molar-refractivity contribution in [2.24, 2.45) is 0 Å². The van der Waals surface area contributed by atoms with Crippen molar-refractivity contribution in [1.82, 2.24) is 9.97 Å². The summed E-state index contributed by atoms with van der Waals surface area (Å²) < 4.78 is 17.3. The van der Waals surface area contributed by atoms with Crippen molar-refractivity contribution in [3.8, 4) is 17.2 Å². The van der Waals surface area contributed by atoms with Gasteiger partial charge in [0, 0.05) is 12.3 Å². The smallest absolute Gasteiger partial charge is 0.267 e. The maximum absolute atomic E-state index is 13.2. The van der Waals surface area contributed by atoms with E-state index in [-0.39, 0.29) is 19.1 Å². The molecule has 2 aromatic carbocycles. The first-order valence-corrected chi connectivity index (χ1v) is 10.4. The molecule has 0 aliphatic heterocycles. The van der Waals surface area contributed by atoms with Crippen molar-refractivity contribution in [1.29, 1.82) is 0 Å². The van der Waals surface area contributed by atoms with E-state index in [4.69, 9.17) is 14.2 Å². The maximum atomic E-state index is 13.2. The van der Waals surface area contributed by atoms with E-state index in [1.54, 1.807) is 37.4 Å². The van der Waals surface area contributed by atoms with E-state index >= 15 is 0 Å². The summed E-state index contributed by atoms with van der Waals surface area (Å²) in [5, 5.41) is 0.572. The van der Waals surface area contributed by atoms with Crippen LogP contribution in [0.5, 0.6) is 17.2 Å². The van der Waals surface area contributed by atoms with Gasteiger partial charge < -0.3 is 14.2 Å². The fraction of sp³-hybridized carbons (Fsp3) is 0.174. The number of para-hydroxylation sites is 2. The van der Waals surface area contributed by atoms with E-state index in [2.05, 4.69) is 9.97 Å². The lowest BCUT2D eigenvalue weighted by Crippen LogP contribution is -2.34. The normalized spacial score (nSPS) is 10.6. The van der Waals surface area contributed by atoms with E-state index in [1.807, 2.05) is 48.5 Å². The second kappa shape index (κ2) is 9.44. The van der Waals surface area contributed by atoms with E-state index in [0.717, 1.165) is 15.9 Å². The minimum Gasteiger partial charge on any atom is -0.497 e. The van der Waals surface area contributed by atoms with Crippen LogP contribution in [-0.2, 0) is 11.3 Å². The third kappa shape index (κ3) is 4.75. The SMILES string of the molecule is COc1ccc2sc(N(Cc3ccccn3)C(=O)COc3ccccc3OC)nc2c1. The lowest BCUT2D eigenvalue weighted by molar-refractivity contribution is -0.120. The monoisotopic (exact) mass is 435 g/mol. The molecule has 0 aliphatic carbocycles. The highest BCUT2D eigenvalue weighted by atomic mass is 32.1. The molecule has 0 aliphatic rings. The molecule has 0 radical (unpaired) electrons. The van der Waals surface area contributed by atoms with Gasteiger partial charge in [-0.3, -0.25) is 14.7 Å². The maximum Gasteiger partial charge on any atom is 0.267 e. The van der Waals surface area contributed by atoms with Gasteiger partial charge in [0.05, 0.1) is 36.7 Å². The zero-order valence-corrected chi connectivity index (χ0v) is 18.0. The zero-order valence-electron chi connectivity index (χ0n) is 17.1. The molecule has 0 saturated carbocycles.